The number of amides is 1. The summed E-state index contributed by atoms with van der Waals surface area (Å²) in [5.41, 5.74) is 0.909. The molecule has 1 amide bonds. The molecule has 0 unspecified atom stereocenters. The van der Waals surface area contributed by atoms with Gasteiger partial charge in [-0.2, -0.15) is 0 Å². The van der Waals surface area contributed by atoms with E-state index in [0.29, 0.717) is 22.6 Å². The Morgan fingerprint density at radius 2 is 2.14 bits per heavy atom. The molecule has 0 saturated heterocycles. The van der Waals surface area contributed by atoms with Crippen LogP contribution in [0.1, 0.15) is 38.7 Å². The third-order valence-electron chi connectivity index (χ3n) is 4.59. The van der Waals surface area contributed by atoms with E-state index < -0.39 is 0 Å². The first kappa shape index (κ1) is 17.6. The van der Waals surface area contributed by atoms with Gasteiger partial charge in [0.05, 0.1) is 5.02 Å². The van der Waals surface area contributed by atoms with Crippen LogP contribution in [0.15, 0.2) is 16.6 Å². The molecule has 122 valence electrons. The van der Waals surface area contributed by atoms with Gasteiger partial charge in [0.25, 0.3) is 5.91 Å². The lowest BCUT2D eigenvalue weighted by atomic mass is 9.78. The zero-order valence-corrected chi connectivity index (χ0v) is 15.6. The molecule has 1 saturated carbocycles. The van der Waals surface area contributed by atoms with Crippen molar-refractivity contribution in [1.29, 1.82) is 0 Å². The minimum atomic E-state index is -0.0793. The van der Waals surface area contributed by atoms with E-state index in [4.69, 9.17) is 16.3 Å². The molecule has 0 bridgehead atoms. The highest BCUT2D eigenvalue weighted by atomic mass is 79.9. The first-order valence-corrected chi connectivity index (χ1v) is 8.93. The normalized spacial score (nSPS) is 24.9. The lowest BCUT2D eigenvalue weighted by molar-refractivity contribution is -0.124. The topological polar surface area (TPSA) is 38.3 Å². The van der Waals surface area contributed by atoms with Gasteiger partial charge in [-0.15, -0.1) is 0 Å². The Bertz CT molecular complexity index is 526. The number of carbonyl (C=O) groups is 1. The predicted molar refractivity (Wildman–Crippen MR) is 93.5 cm³/mol. The fraction of sp³-hybridized carbons (Fsp3) is 0.588. The number of halogens is 2. The predicted octanol–water partition coefficient (Wildman–Crippen LogP) is 4.73. The molecule has 1 N–H and O–H groups in total. The van der Waals surface area contributed by atoms with E-state index in [1.54, 1.807) is 6.07 Å². The number of benzene rings is 1. The van der Waals surface area contributed by atoms with Crippen LogP contribution in [0.4, 0.5) is 0 Å². The van der Waals surface area contributed by atoms with E-state index >= 15 is 0 Å². The molecule has 1 fully saturated rings. The van der Waals surface area contributed by atoms with Crippen LogP contribution in [0, 0.1) is 18.8 Å². The number of rotatable bonds is 4. The largest absolute Gasteiger partial charge is 0.482 e. The monoisotopic (exact) mass is 387 g/mol. The van der Waals surface area contributed by atoms with E-state index in [9.17, 15) is 4.79 Å². The number of nitrogens with one attached hydrogen (secondary N) is 1. The number of hydrogen-bond acceptors (Lipinski definition) is 2. The third-order valence-corrected chi connectivity index (χ3v) is 5.33. The number of hydrogen-bond donors (Lipinski definition) is 1. The Hall–Kier alpha value is -0.740. The second-order valence-corrected chi connectivity index (χ2v) is 7.59. The molecule has 1 aromatic rings. The van der Waals surface area contributed by atoms with Crippen molar-refractivity contribution in [2.24, 2.45) is 11.8 Å². The highest BCUT2D eigenvalue weighted by Crippen LogP contribution is 2.32. The van der Waals surface area contributed by atoms with Gasteiger partial charge >= 0.3 is 0 Å². The number of aryl methyl sites for hydroxylation is 1. The molecule has 1 aliphatic carbocycles. The first-order valence-electron chi connectivity index (χ1n) is 7.76. The minimum Gasteiger partial charge on any atom is -0.482 e. The van der Waals surface area contributed by atoms with E-state index in [-0.39, 0.29) is 18.6 Å². The molecule has 0 aliphatic heterocycles. The first-order chi connectivity index (χ1) is 10.4. The summed E-state index contributed by atoms with van der Waals surface area (Å²) in [5.74, 6) is 1.66. The third kappa shape index (κ3) is 4.39. The van der Waals surface area contributed by atoms with E-state index in [0.717, 1.165) is 16.5 Å². The highest BCUT2D eigenvalue weighted by molar-refractivity contribution is 9.10. The Morgan fingerprint density at radius 3 is 2.82 bits per heavy atom. The van der Waals surface area contributed by atoms with Crippen LogP contribution >= 0.6 is 27.5 Å². The quantitative estimate of drug-likeness (QED) is 0.809. The summed E-state index contributed by atoms with van der Waals surface area (Å²) in [6, 6.07) is 3.94. The maximum absolute atomic E-state index is 12.1. The van der Waals surface area contributed by atoms with Gasteiger partial charge in [0.15, 0.2) is 6.61 Å². The Balaban J connectivity index is 1.91. The fourth-order valence-corrected chi connectivity index (χ4v) is 4.07. The number of carbonyl (C=O) groups excluding carboxylic acids is 1. The van der Waals surface area contributed by atoms with Gasteiger partial charge in [-0.25, -0.2) is 0 Å². The summed E-state index contributed by atoms with van der Waals surface area (Å²) < 4.78 is 6.52. The molecule has 1 aromatic carbocycles. The summed E-state index contributed by atoms with van der Waals surface area (Å²) >= 11 is 9.55. The molecule has 2 rings (SSSR count). The Kier molecular flexibility index (Phi) is 6.16. The molecule has 0 spiro atoms. The van der Waals surface area contributed by atoms with Crippen molar-refractivity contribution in [3.63, 3.8) is 0 Å². The van der Waals surface area contributed by atoms with Gasteiger partial charge in [-0.1, -0.05) is 54.2 Å². The summed E-state index contributed by atoms with van der Waals surface area (Å²) in [6.45, 7) is 6.38. The highest BCUT2D eigenvalue weighted by Gasteiger charge is 2.28. The van der Waals surface area contributed by atoms with Crippen LogP contribution in [0.2, 0.25) is 5.02 Å². The molecule has 1 aliphatic rings. The molecular formula is C17H23BrClNO2. The average molecular weight is 389 g/mol. The minimum absolute atomic E-state index is 0.000205. The molecule has 0 heterocycles. The molecule has 22 heavy (non-hydrogen) atoms. The molecule has 0 radical (unpaired) electrons. The van der Waals surface area contributed by atoms with Crippen molar-refractivity contribution in [3.8, 4) is 5.75 Å². The van der Waals surface area contributed by atoms with Gasteiger partial charge < -0.3 is 10.1 Å². The van der Waals surface area contributed by atoms with Crippen molar-refractivity contribution >= 4 is 33.4 Å². The maximum Gasteiger partial charge on any atom is 0.258 e. The average Bonchev–Trinajstić information content (AvgIpc) is 2.42. The fourth-order valence-electron chi connectivity index (χ4n) is 3.04. The lowest BCUT2D eigenvalue weighted by Gasteiger charge is -2.34. The second-order valence-electron chi connectivity index (χ2n) is 6.26. The van der Waals surface area contributed by atoms with Crippen molar-refractivity contribution in [2.75, 3.05) is 6.61 Å². The molecule has 3 atom stereocenters. The maximum atomic E-state index is 12.1. The summed E-state index contributed by atoms with van der Waals surface area (Å²) in [7, 11) is 0. The van der Waals surface area contributed by atoms with Crippen molar-refractivity contribution in [2.45, 2.75) is 46.1 Å². The van der Waals surface area contributed by atoms with Crippen LogP contribution in [0.25, 0.3) is 0 Å². The standard InChI is InChI=1S/C17H23BrClNO2/c1-10-5-4-6-15(12(10)3)20-16(21)9-22-17-11(2)7-13(18)8-14(17)19/h7-8,10,12,15H,4-6,9H2,1-3H3,(H,20,21)/t10-,12-,15+/m0/s1. The van der Waals surface area contributed by atoms with Crippen LogP contribution in [-0.2, 0) is 4.79 Å². The smallest absolute Gasteiger partial charge is 0.258 e. The van der Waals surface area contributed by atoms with E-state index in [2.05, 4.69) is 35.1 Å². The van der Waals surface area contributed by atoms with Gasteiger partial charge in [-0.3, -0.25) is 4.79 Å². The zero-order chi connectivity index (χ0) is 16.3. The van der Waals surface area contributed by atoms with Crippen molar-refractivity contribution in [1.82, 2.24) is 5.32 Å². The van der Waals surface area contributed by atoms with E-state index in [1.807, 2.05) is 13.0 Å². The Morgan fingerprint density at radius 1 is 1.41 bits per heavy atom. The van der Waals surface area contributed by atoms with Gasteiger partial charge in [-0.05, 0) is 42.9 Å². The van der Waals surface area contributed by atoms with Gasteiger partial charge in [0.1, 0.15) is 5.75 Å². The molecule has 3 nitrogen and oxygen atoms in total. The lowest BCUT2D eigenvalue weighted by Crippen LogP contribution is -2.45. The molecular weight excluding hydrogens is 366 g/mol. The van der Waals surface area contributed by atoms with Gasteiger partial charge in [0.2, 0.25) is 0 Å². The Labute approximate surface area is 145 Å². The molecule has 5 heteroatoms. The van der Waals surface area contributed by atoms with Crippen molar-refractivity contribution < 1.29 is 9.53 Å². The van der Waals surface area contributed by atoms with Gasteiger partial charge in [0, 0.05) is 10.5 Å². The van der Waals surface area contributed by atoms with E-state index in [1.165, 1.54) is 12.8 Å². The SMILES string of the molecule is Cc1cc(Br)cc(Cl)c1OCC(=O)N[C@@H]1CCC[C@H](C)[C@@H]1C. The summed E-state index contributed by atoms with van der Waals surface area (Å²) in [5, 5.41) is 3.62. The number of ether oxygens (including phenoxy) is 1. The summed E-state index contributed by atoms with van der Waals surface area (Å²) in [6.07, 6.45) is 3.47. The zero-order valence-electron chi connectivity index (χ0n) is 13.3. The summed E-state index contributed by atoms with van der Waals surface area (Å²) in [4.78, 5) is 12.1. The van der Waals surface area contributed by atoms with Crippen LogP contribution in [-0.4, -0.2) is 18.6 Å². The van der Waals surface area contributed by atoms with Crippen LogP contribution in [0.5, 0.6) is 5.75 Å². The second kappa shape index (κ2) is 7.69. The van der Waals surface area contributed by atoms with Crippen LogP contribution < -0.4 is 10.1 Å². The van der Waals surface area contributed by atoms with Crippen molar-refractivity contribution in [3.05, 3.63) is 27.2 Å². The van der Waals surface area contributed by atoms with Crippen LogP contribution in [0.3, 0.4) is 0 Å². The molecule has 0 aromatic heterocycles.